The van der Waals surface area contributed by atoms with Crippen LogP contribution in [0, 0.1) is 0 Å². The molecule has 1 aliphatic rings. The summed E-state index contributed by atoms with van der Waals surface area (Å²) in [6.07, 6.45) is 1.57. The van der Waals surface area contributed by atoms with E-state index in [2.05, 4.69) is 4.76 Å². The van der Waals surface area contributed by atoms with Crippen LogP contribution in [0.25, 0.3) is 0 Å². The smallest absolute Gasteiger partial charge is 0.448 e. The van der Waals surface area contributed by atoms with Gasteiger partial charge in [-0.2, -0.15) is 4.76 Å². The van der Waals surface area contributed by atoms with Gasteiger partial charge in [0.25, 0.3) is 0 Å². The van der Waals surface area contributed by atoms with Crippen LogP contribution in [0.2, 0.25) is 0 Å². The molecule has 0 fully saturated rings. The van der Waals surface area contributed by atoms with E-state index in [1.807, 2.05) is 0 Å². The zero-order valence-electron chi connectivity index (χ0n) is 11.5. The zero-order valence-corrected chi connectivity index (χ0v) is 12.4. The molecule has 1 aliphatic carbocycles. The monoisotopic (exact) mass is 325 g/mol. The minimum Gasteiger partial charge on any atom is -0.508 e. The maximum atomic E-state index is 11.0. The minimum atomic E-state index is -4.64. The van der Waals surface area contributed by atoms with Crippen molar-refractivity contribution in [3.63, 3.8) is 0 Å². The zero-order chi connectivity index (χ0) is 16.3. The molecule has 0 aliphatic heterocycles. The van der Waals surface area contributed by atoms with Gasteiger partial charge in [-0.3, -0.25) is 0 Å². The van der Waals surface area contributed by atoms with E-state index in [1.54, 1.807) is 12.1 Å². The molecule has 5 N–H and O–H groups in total. The number of aromatic hydroxyl groups is 1. The van der Waals surface area contributed by atoms with E-state index in [9.17, 15) is 19.9 Å². The van der Waals surface area contributed by atoms with E-state index in [0.717, 1.165) is 0 Å². The molecule has 8 heteroatoms. The summed E-state index contributed by atoms with van der Waals surface area (Å²) in [5, 5.41) is 29.2. The first-order valence-electron chi connectivity index (χ1n) is 6.46. The van der Waals surface area contributed by atoms with Gasteiger partial charge in [-0.25, -0.2) is 4.57 Å². The van der Waals surface area contributed by atoms with Gasteiger partial charge in [-0.05, 0) is 29.8 Å². The molecule has 0 saturated heterocycles. The van der Waals surface area contributed by atoms with Crippen LogP contribution in [0.1, 0.15) is 12.0 Å². The number of hydrogen-bond acceptors (Lipinski definition) is 4. The van der Waals surface area contributed by atoms with Crippen LogP contribution >= 0.6 is 7.75 Å². The molecular weight excluding hydrogens is 309 g/mol. The Hall–Kier alpha value is -1.92. The highest BCUT2D eigenvalue weighted by Gasteiger charge is 2.23. The van der Waals surface area contributed by atoms with Gasteiger partial charge in [0.05, 0.1) is 11.8 Å². The molecule has 2 rings (SSSR count). The first-order chi connectivity index (χ1) is 10.2. The van der Waals surface area contributed by atoms with Crippen molar-refractivity contribution in [3.8, 4) is 5.75 Å². The fourth-order valence-electron chi connectivity index (χ4n) is 2.18. The van der Waals surface area contributed by atoms with Crippen LogP contribution in [0.4, 0.5) is 0 Å². The van der Waals surface area contributed by atoms with Crippen molar-refractivity contribution in [3.05, 3.63) is 53.3 Å². The van der Waals surface area contributed by atoms with E-state index in [-0.39, 0.29) is 35.6 Å². The lowest BCUT2D eigenvalue weighted by Crippen LogP contribution is -2.22. The molecule has 1 aromatic rings. The normalized spacial score (nSPS) is 18.8. The van der Waals surface area contributed by atoms with Crippen molar-refractivity contribution in [2.45, 2.75) is 18.9 Å². The Labute approximate surface area is 126 Å². The van der Waals surface area contributed by atoms with Crippen molar-refractivity contribution in [2.75, 3.05) is 0 Å². The average Bonchev–Trinajstić information content (AvgIpc) is 2.39. The molecule has 0 radical (unpaired) electrons. The highest BCUT2D eigenvalue weighted by Crippen LogP contribution is 2.38. The predicted molar refractivity (Wildman–Crippen MR) is 80.7 cm³/mol. The number of aliphatic hydroxyl groups excluding tert-OH is 2. The SMILES string of the molecule is O=P(O)(O)N=C1CC=C(O)C=C1C(O)Cc1cccc(O)c1. The van der Waals surface area contributed by atoms with Crippen LogP contribution in [0.3, 0.4) is 0 Å². The third-order valence-electron chi connectivity index (χ3n) is 3.09. The van der Waals surface area contributed by atoms with Crippen LogP contribution in [-0.2, 0) is 11.0 Å². The van der Waals surface area contributed by atoms with Crippen LogP contribution in [-0.4, -0.2) is 36.9 Å². The highest BCUT2D eigenvalue weighted by atomic mass is 31.2. The van der Waals surface area contributed by atoms with Crippen LogP contribution in [0.15, 0.2) is 52.5 Å². The summed E-state index contributed by atoms with van der Waals surface area (Å²) >= 11 is 0. The fraction of sp³-hybridized carbons (Fsp3) is 0.214. The molecule has 1 aromatic carbocycles. The third kappa shape index (κ3) is 4.54. The van der Waals surface area contributed by atoms with Crippen LogP contribution < -0.4 is 0 Å². The van der Waals surface area contributed by atoms with E-state index in [4.69, 9.17) is 9.79 Å². The van der Waals surface area contributed by atoms with Gasteiger partial charge in [0.2, 0.25) is 0 Å². The molecule has 0 amide bonds. The topological polar surface area (TPSA) is 131 Å². The molecule has 7 nitrogen and oxygen atoms in total. The van der Waals surface area contributed by atoms with Crippen molar-refractivity contribution in [2.24, 2.45) is 4.76 Å². The first-order valence-corrected chi connectivity index (χ1v) is 8.03. The number of rotatable bonds is 4. The summed E-state index contributed by atoms with van der Waals surface area (Å²) in [7, 11) is -4.64. The van der Waals surface area contributed by atoms with Gasteiger partial charge < -0.3 is 25.1 Å². The number of phenolic OH excluding ortho intramolecular Hbond substituents is 1. The Morgan fingerprint density at radius 2 is 2.00 bits per heavy atom. The van der Waals surface area contributed by atoms with Crippen molar-refractivity contribution in [1.82, 2.24) is 0 Å². The number of phenols is 1. The summed E-state index contributed by atoms with van der Waals surface area (Å²) in [6.45, 7) is 0. The molecule has 0 aromatic heterocycles. The van der Waals surface area contributed by atoms with Crippen molar-refractivity contribution in [1.29, 1.82) is 0 Å². The second-order valence-corrected chi connectivity index (χ2v) is 6.11. The van der Waals surface area contributed by atoms with E-state index < -0.39 is 13.9 Å². The Morgan fingerprint density at radius 1 is 1.27 bits per heavy atom. The Morgan fingerprint density at radius 3 is 2.64 bits per heavy atom. The third-order valence-corrected chi connectivity index (χ3v) is 3.59. The largest absolute Gasteiger partial charge is 0.508 e. The maximum Gasteiger partial charge on any atom is 0.448 e. The highest BCUT2D eigenvalue weighted by molar-refractivity contribution is 7.50. The lowest BCUT2D eigenvalue weighted by atomic mass is 9.93. The molecule has 0 spiro atoms. The lowest BCUT2D eigenvalue weighted by molar-refractivity contribution is 0.216. The summed E-state index contributed by atoms with van der Waals surface area (Å²) in [6, 6.07) is 6.28. The molecule has 118 valence electrons. The van der Waals surface area contributed by atoms with E-state index in [1.165, 1.54) is 24.3 Å². The van der Waals surface area contributed by atoms with Gasteiger partial charge in [0, 0.05) is 18.4 Å². The number of benzene rings is 1. The van der Waals surface area contributed by atoms with Gasteiger partial charge in [-0.15, -0.1) is 0 Å². The number of hydrogen-bond donors (Lipinski definition) is 5. The van der Waals surface area contributed by atoms with Gasteiger partial charge >= 0.3 is 7.75 Å². The van der Waals surface area contributed by atoms with Gasteiger partial charge in [-0.1, -0.05) is 12.1 Å². The summed E-state index contributed by atoms with van der Waals surface area (Å²) < 4.78 is 14.3. The molecule has 0 heterocycles. The van der Waals surface area contributed by atoms with Crippen LogP contribution in [0.5, 0.6) is 5.75 Å². The lowest BCUT2D eigenvalue weighted by Gasteiger charge is -2.20. The molecule has 22 heavy (non-hydrogen) atoms. The Kier molecular flexibility index (Phi) is 4.83. The first kappa shape index (κ1) is 16.5. The van der Waals surface area contributed by atoms with Gasteiger partial charge in [0.15, 0.2) is 0 Å². The summed E-state index contributed by atoms with van der Waals surface area (Å²) in [5.41, 5.74) is 0.809. The van der Waals surface area contributed by atoms with E-state index >= 15 is 0 Å². The maximum absolute atomic E-state index is 11.0. The molecule has 0 bridgehead atoms. The number of aliphatic hydroxyl groups is 2. The van der Waals surface area contributed by atoms with E-state index in [0.29, 0.717) is 5.56 Å². The Bertz CT molecular complexity index is 703. The summed E-state index contributed by atoms with van der Waals surface area (Å²) in [4.78, 5) is 17.9. The van der Waals surface area contributed by atoms with Crippen molar-refractivity contribution >= 4 is 13.5 Å². The second-order valence-electron chi connectivity index (χ2n) is 4.88. The second kappa shape index (κ2) is 6.46. The van der Waals surface area contributed by atoms with Crippen molar-refractivity contribution < 1.29 is 29.7 Å². The predicted octanol–water partition coefficient (Wildman–Crippen LogP) is 1.60. The minimum absolute atomic E-state index is 0.0138. The summed E-state index contributed by atoms with van der Waals surface area (Å²) in [5.74, 6) is -0.0520. The number of allylic oxidation sites excluding steroid dienone is 2. The van der Waals surface area contributed by atoms with Gasteiger partial charge in [0.1, 0.15) is 11.5 Å². The molecule has 1 unspecified atom stereocenters. The Balaban J connectivity index is 2.28. The number of nitrogens with zero attached hydrogens (tertiary/aromatic N) is 1. The molecule has 0 saturated carbocycles. The average molecular weight is 325 g/mol. The molecular formula is C14H16NO6P. The fourth-order valence-corrected chi connectivity index (χ4v) is 2.69. The standard InChI is InChI=1S/C14H16NO6P/c16-10-3-1-2-9(6-10)7-14(18)12-8-11(17)4-5-13(12)15-22(19,20)21/h1-4,6,8,14,16-18H,5,7H2,(H2,19,20,21). The quantitative estimate of drug-likeness (QED) is 0.534. The molecule has 1 atom stereocenters.